The smallest absolute Gasteiger partial charge is 0.334 e. The first kappa shape index (κ1) is 20.3. The average Bonchev–Trinajstić information content (AvgIpc) is 2.52. The second-order valence-electron chi connectivity index (χ2n) is 4.95. The quantitative estimate of drug-likeness (QED) is 0.719. The summed E-state index contributed by atoms with van der Waals surface area (Å²) >= 11 is 1.62. The molecule has 0 radical (unpaired) electrons. The van der Waals surface area contributed by atoms with E-state index in [1.54, 1.807) is 18.7 Å². The van der Waals surface area contributed by atoms with Crippen molar-refractivity contribution in [3.63, 3.8) is 0 Å². The van der Waals surface area contributed by atoms with Gasteiger partial charge in [0, 0.05) is 18.7 Å². The van der Waals surface area contributed by atoms with E-state index in [4.69, 9.17) is 0 Å². The molecule has 0 aromatic heterocycles. The van der Waals surface area contributed by atoms with Gasteiger partial charge in [-0.2, -0.15) is 24.9 Å². The molecule has 2 amide bonds. The highest BCUT2D eigenvalue weighted by Gasteiger charge is 2.33. The van der Waals surface area contributed by atoms with Gasteiger partial charge in [0.15, 0.2) is 0 Å². The molecule has 0 aliphatic heterocycles. The fourth-order valence-electron chi connectivity index (χ4n) is 2.04. The molecule has 24 heavy (non-hydrogen) atoms. The number of hydrogen-bond donors (Lipinski definition) is 1. The van der Waals surface area contributed by atoms with Gasteiger partial charge in [0.25, 0.3) is 0 Å². The summed E-state index contributed by atoms with van der Waals surface area (Å²) < 4.78 is 38.7. The number of nitrogens with one attached hydrogen (secondary N) is 1. The monoisotopic (exact) mass is 362 g/mol. The lowest BCUT2D eigenvalue weighted by atomic mass is 10.1. The van der Waals surface area contributed by atoms with Gasteiger partial charge in [-0.3, -0.25) is 9.59 Å². The van der Waals surface area contributed by atoms with Crippen LogP contribution < -0.4 is 5.32 Å². The summed E-state index contributed by atoms with van der Waals surface area (Å²) in [5.74, 6) is 0.723. The molecular weight excluding hydrogens is 341 g/mol. The van der Waals surface area contributed by atoms with Crippen molar-refractivity contribution < 1.29 is 22.8 Å². The highest BCUT2D eigenvalue weighted by atomic mass is 32.2. The molecule has 4 nitrogen and oxygen atoms in total. The number of thioether (sulfide) groups is 1. The van der Waals surface area contributed by atoms with Crippen LogP contribution >= 0.6 is 11.8 Å². The molecule has 0 saturated carbocycles. The zero-order valence-corrected chi connectivity index (χ0v) is 14.5. The Bertz CT molecular complexity index is 564. The molecule has 134 valence electrons. The predicted octanol–water partition coefficient (Wildman–Crippen LogP) is 3.64. The summed E-state index contributed by atoms with van der Waals surface area (Å²) in [6.45, 7) is 3.77. The Kier molecular flexibility index (Phi) is 8.10. The number of anilines is 1. The van der Waals surface area contributed by atoms with E-state index in [0.29, 0.717) is 18.7 Å². The van der Waals surface area contributed by atoms with Crippen molar-refractivity contribution in [3.8, 4) is 0 Å². The molecule has 0 aliphatic carbocycles. The molecule has 0 bridgehead atoms. The van der Waals surface area contributed by atoms with E-state index in [1.807, 2.05) is 6.92 Å². The number of likely N-dealkylation sites (N-methyl/N-ethyl adjacent to an activating group) is 1. The SMILES string of the molecule is CCSCCC(=O)N(CC)CC(=O)Nc1ccccc1C(F)(F)F. The number of carbonyl (C=O) groups excluding carboxylic acids is 2. The molecule has 0 unspecified atom stereocenters. The summed E-state index contributed by atoms with van der Waals surface area (Å²) in [6.07, 6.45) is -4.25. The third kappa shape index (κ3) is 6.43. The fraction of sp³-hybridized carbons (Fsp3) is 0.500. The van der Waals surface area contributed by atoms with Gasteiger partial charge in [0.1, 0.15) is 0 Å². The summed E-state index contributed by atoms with van der Waals surface area (Å²) in [5, 5.41) is 2.25. The van der Waals surface area contributed by atoms with Gasteiger partial charge in [0.2, 0.25) is 11.8 Å². The first-order chi connectivity index (χ1) is 11.3. The first-order valence-corrected chi connectivity index (χ1v) is 8.76. The summed E-state index contributed by atoms with van der Waals surface area (Å²) in [6, 6.07) is 4.76. The van der Waals surface area contributed by atoms with Crippen molar-refractivity contribution in [1.29, 1.82) is 0 Å². The van der Waals surface area contributed by atoms with Crippen molar-refractivity contribution in [2.45, 2.75) is 26.4 Å². The molecule has 1 aromatic rings. The van der Waals surface area contributed by atoms with Crippen LogP contribution in [0.4, 0.5) is 18.9 Å². The topological polar surface area (TPSA) is 49.4 Å². The van der Waals surface area contributed by atoms with Gasteiger partial charge in [-0.05, 0) is 24.8 Å². The number of para-hydroxylation sites is 1. The minimum absolute atomic E-state index is 0.183. The summed E-state index contributed by atoms with van der Waals surface area (Å²) in [4.78, 5) is 25.4. The lowest BCUT2D eigenvalue weighted by molar-refractivity contribution is -0.137. The van der Waals surface area contributed by atoms with Crippen molar-refractivity contribution in [2.75, 3.05) is 29.9 Å². The number of rotatable bonds is 8. The Hall–Kier alpha value is -1.70. The third-order valence-corrected chi connectivity index (χ3v) is 4.14. The number of halogens is 3. The first-order valence-electron chi connectivity index (χ1n) is 7.61. The molecule has 0 spiro atoms. The zero-order chi connectivity index (χ0) is 18.2. The van der Waals surface area contributed by atoms with Crippen LogP contribution in [-0.4, -0.2) is 41.3 Å². The van der Waals surface area contributed by atoms with Gasteiger partial charge in [-0.15, -0.1) is 0 Å². The van der Waals surface area contributed by atoms with Gasteiger partial charge in [-0.1, -0.05) is 19.1 Å². The van der Waals surface area contributed by atoms with Crippen LogP contribution in [0.1, 0.15) is 25.8 Å². The largest absolute Gasteiger partial charge is 0.418 e. The van der Waals surface area contributed by atoms with Crippen molar-refractivity contribution in [3.05, 3.63) is 29.8 Å². The lowest BCUT2D eigenvalue weighted by Gasteiger charge is -2.21. The Morgan fingerprint density at radius 2 is 1.88 bits per heavy atom. The predicted molar refractivity (Wildman–Crippen MR) is 89.9 cm³/mol. The van der Waals surface area contributed by atoms with Crippen LogP contribution in [0.2, 0.25) is 0 Å². The number of nitrogens with zero attached hydrogens (tertiary/aromatic N) is 1. The number of carbonyl (C=O) groups is 2. The van der Waals surface area contributed by atoms with E-state index in [9.17, 15) is 22.8 Å². The number of hydrogen-bond acceptors (Lipinski definition) is 3. The van der Waals surface area contributed by atoms with Crippen LogP contribution in [0.15, 0.2) is 24.3 Å². The maximum atomic E-state index is 12.9. The van der Waals surface area contributed by atoms with E-state index in [-0.39, 0.29) is 18.1 Å². The van der Waals surface area contributed by atoms with Crippen LogP contribution in [0.5, 0.6) is 0 Å². The highest BCUT2D eigenvalue weighted by molar-refractivity contribution is 7.99. The lowest BCUT2D eigenvalue weighted by Crippen LogP contribution is -2.38. The van der Waals surface area contributed by atoms with Crippen molar-refractivity contribution >= 4 is 29.3 Å². The number of benzene rings is 1. The minimum atomic E-state index is -4.55. The normalized spacial score (nSPS) is 11.2. The van der Waals surface area contributed by atoms with Crippen molar-refractivity contribution in [2.24, 2.45) is 0 Å². The summed E-state index contributed by atoms with van der Waals surface area (Å²) in [7, 11) is 0. The Morgan fingerprint density at radius 3 is 2.46 bits per heavy atom. The molecule has 8 heteroatoms. The molecule has 1 rings (SSSR count). The average molecular weight is 362 g/mol. The molecule has 1 N–H and O–H groups in total. The van der Waals surface area contributed by atoms with E-state index >= 15 is 0 Å². The van der Waals surface area contributed by atoms with Gasteiger partial charge < -0.3 is 10.2 Å². The number of amides is 2. The van der Waals surface area contributed by atoms with Crippen LogP contribution in [0.25, 0.3) is 0 Å². The number of alkyl halides is 3. The second-order valence-corrected chi connectivity index (χ2v) is 6.34. The standard InChI is InChI=1S/C16H21F3N2O2S/c1-3-21(15(23)9-10-24-4-2)11-14(22)20-13-8-6-5-7-12(13)16(17,18)19/h5-8H,3-4,9-11H2,1-2H3,(H,20,22). The maximum absolute atomic E-state index is 12.9. The van der Waals surface area contributed by atoms with Crippen molar-refractivity contribution in [1.82, 2.24) is 4.90 Å². The Morgan fingerprint density at radius 1 is 1.21 bits per heavy atom. The fourth-order valence-corrected chi connectivity index (χ4v) is 2.65. The third-order valence-electron chi connectivity index (χ3n) is 3.24. The van der Waals surface area contributed by atoms with E-state index < -0.39 is 17.6 Å². The maximum Gasteiger partial charge on any atom is 0.418 e. The Labute approximate surface area is 143 Å². The van der Waals surface area contributed by atoms with Crippen LogP contribution in [0, 0.1) is 0 Å². The molecular formula is C16H21F3N2O2S. The highest BCUT2D eigenvalue weighted by Crippen LogP contribution is 2.34. The van der Waals surface area contributed by atoms with E-state index in [2.05, 4.69) is 5.32 Å². The van der Waals surface area contributed by atoms with Crippen LogP contribution in [-0.2, 0) is 15.8 Å². The molecule has 0 fully saturated rings. The molecule has 0 atom stereocenters. The zero-order valence-electron chi connectivity index (χ0n) is 13.7. The Balaban J connectivity index is 2.70. The molecule has 0 saturated heterocycles. The van der Waals surface area contributed by atoms with Gasteiger partial charge in [0.05, 0.1) is 17.8 Å². The molecule has 0 heterocycles. The van der Waals surface area contributed by atoms with E-state index in [1.165, 1.54) is 23.1 Å². The second kappa shape index (κ2) is 9.56. The van der Waals surface area contributed by atoms with E-state index in [0.717, 1.165) is 11.8 Å². The van der Waals surface area contributed by atoms with Gasteiger partial charge in [-0.25, -0.2) is 0 Å². The summed E-state index contributed by atoms with van der Waals surface area (Å²) in [5.41, 5.74) is -1.22. The molecule has 0 aliphatic rings. The van der Waals surface area contributed by atoms with Gasteiger partial charge >= 0.3 is 6.18 Å². The molecule has 1 aromatic carbocycles. The van der Waals surface area contributed by atoms with Crippen LogP contribution in [0.3, 0.4) is 0 Å². The minimum Gasteiger partial charge on any atom is -0.334 e.